The van der Waals surface area contributed by atoms with Crippen molar-refractivity contribution in [3.8, 4) is 0 Å². The van der Waals surface area contributed by atoms with Crippen molar-refractivity contribution in [2.75, 3.05) is 26.2 Å². The fourth-order valence-electron chi connectivity index (χ4n) is 3.28. The number of likely N-dealkylation sites (tertiary alicyclic amines) is 1. The normalized spacial score (nSPS) is 15.9. The molecule has 0 aliphatic carbocycles. The Kier molecular flexibility index (Phi) is 7.38. The maximum atomic E-state index is 12.8. The second-order valence-corrected chi connectivity index (χ2v) is 8.77. The van der Waals surface area contributed by atoms with E-state index in [-0.39, 0.29) is 10.8 Å². The van der Waals surface area contributed by atoms with Crippen LogP contribution in [-0.2, 0) is 14.8 Å². The zero-order valence-electron chi connectivity index (χ0n) is 15.9. The molecule has 8 heteroatoms. The number of sulfonamides is 1. The fraction of sp³-hybridized carbons (Fsp3) is 0.579. The van der Waals surface area contributed by atoms with Crippen LogP contribution < -0.4 is 0 Å². The minimum atomic E-state index is -3.57. The molecule has 7 nitrogen and oxygen atoms in total. The number of hydrogen-bond acceptors (Lipinski definition) is 4. The quantitative estimate of drug-likeness (QED) is 0.728. The first kappa shape index (κ1) is 21.4. The summed E-state index contributed by atoms with van der Waals surface area (Å²) in [6, 6.07) is 6.03. The molecule has 1 aliphatic heterocycles. The molecule has 1 amide bonds. The molecule has 150 valence electrons. The Morgan fingerprint density at radius 3 is 2.04 bits per heavy atom. The minimum absolute atomic E-state index is 0.186. The lowest BCUT2D eigenvalue weighted by atomic mass is 9.96. The van der Waals surface area contributed by atoms with Crippen LogP contribution in [0.1, 0.15) is 49.9 Å². The summed E-state index contributed by atoms with van der Waals surface area (Å²) < 4.78 is 27.0. The van der Waals surface area contributed by atoms with Crippen LogP contribution in [0.4, 0.5) is 0 Å². The van der Waals surface area contributed by atoms with E-state index in [1.54, 1.807) is 4.90 Å². The molecular formula is C19H28N2O5S. The number of rotatable bonds is 8. The third kappa shape index (κ3) is 5.07. The zero-order chi connectivity index (χ0) is 20.0. The van der Waals surface area contributed by atoms with Crippen LogP contribution in [0.15, 0.2) is 29.2 Å². The lowest BCUT2D eigenvalue weighted by Gasteiger charge is -2.30. The third-order valence-corrected chi connectivity index (χ3v) is 6.73. The van der Waals surface area contributed by atoms with Crippen molar-refractivity contribution in [3.63, 3.8) is 0 Å². The number of carbonyl (C=O) groups excluding carboxylic acids is 1. The van der Waals surface area contributed by atoms with Crippen LogP contribution in [0, 0.1) is 5.92 Å². The van der Waals surface area contributed by atoms with Crippen molar-refractivity contribution in [3.05, 3.63) is 29.8 Å². The van der Waals surface area contributed by atoms with Gasteiger partial charge in [0.25, 0.3) is 5.91 Å². The summed E-state index contributed by atoms with van der Waals surface area (Å²) in [4.78, 5) is 25.4. The standard InChI is InChI=1S/C19H28N2O5S/c1-3-11-21(12-4-2)27(25,26)17-7-5-15(6-8-17)18(22)20-13-9-16(10-14-20)19(23)24/h5-8,16H,3-4,9-14H2,1-2H3,(H,23,24). The van der Waals surface area contributed by atoms with E-state index in [9.17, 15) is 18.0 Å². The first-order chi connectivity index (χ1) is 12.8. The molecule has 0 unspecified atom stereocenters. The van der Waals surface area contributed by atoms with Crippen LogP contribution in [0.3, 0.4) is 0 Å². The second kappa shape index (κ2) is 9.32. The van der Waals surface area contributed by atoms with E-state index in [2.05, 4.69) is 0 Å². The molecule has 0 radical (unpaired) electrons. The molecule has 0 spiro atoms. The van der Waals surface area contributed by atoms with Gasteiger partial charge in [0, 0.05) is 31.7 Å². The van der Waals surface area contributed by atoms with Crippen LogP contribution in [0.25, 0.3) is 0 Å². The van der Waals surface area contributed by atoms with Gasteiger partial charge in [-0.3, -0.25) is 9.59 Å². The van der Waals surface area contributed by atoms with Crippen LogP contribution in [0.5, 0.6) is 0 Å². The molecule has 0 bridgehead atoms. The van der Waals surface area contributed by atoms with E-state index in [1.165, 1.54) is 28.6 Å². The molecule has 1 N–H and O–H groups in total. The molecule has 2 rings (SSSR count). The third-order valence-electron chi connectivity index (χ3n) is 4.82. The summed E-state index contributed by atoms with van der Waals surface area (Å²) in [5.74, 6) is -1.41. The van der Waals surface area contributed by atoms with Gasteiger partial charge in [0.05, 0.1) is 10.8 Å². The molecule has 0 aromatic heterocycles. The van der Waals surface area contributed by atoms with Gasteiger partial charge in [-0.25, -0.2) is 8.42 Å². The van der Waals surface area contributed by atoms with Gasteiger partial charge >= 0.3 is 5.97 Å². The van der Waals surface area contributed by atoms with Crippen LogP contribution in [-0.4, -0.2) is 60.8 Å². The average molecular weight is 397 g/mol. The summed E-state index contributed by atoms with van der Waals surface area (Å²) in [7, 11) is -3.57. The van der Waals surface area contributed by atoms with Gasteiger partial charge < -0.3 is 10.0 Å². The van der Waals surface area contributed by atoms with Crippen molar-refractivity contribution >= 4 is 21.9 Å². The topological polar surface area (TPSA) is 95.0 Å². The Hall–Kier alpha value is -1.93. The molecule has 1 aromatic rings. The lowest BCUT2D eigenvalue weighted by Crippen LogP contribution is -2.40. The molecule has 0 saturated carbocycles. The second-order valence-electron chi connectivity index (χ2n) is 6.83. The van der Waals surface area contributed by atoms with Gasteiger partial charge in [0.15, 0.2) is 0 Å². The zero-order valence-corrected chi connectivity index (χ0v) is 16.7. The van der Waals surface area contributed by atoms with Crippen molar-refractivity contribution in [2.24, 2.45) is 5.92 Å². The van der Waals surface area contributed by atoms with Gasteiger partial charge in [-0.2, -0.15) is 4.31 Å². The number of aliphatic carboxylic acids is 1. The Balaban J connectivity index is 2.10. The molecular weight excluding hydrogens is 368 g/mol. The molecule has 1 saturated heterocycles. The highest BCUT2D eigenvalue weighted by atomic mass is 32.2. The highest BCUT2D eigenvalue weighted by Gasteiger charge is 2.28. The van der Waals surface area contributed by atoms with E-state index in [1.807, 2.05) is 13.8 Å². The minimum Gasteiger partial charge on any atom is -0.481 e. The molecule has 1 fully saturated rings. The maximum Gasteiger partial charge on any atom is 0.306 e. The largest absolute Gasteiger partial charge is 0.481 e. The summed E-state index contributed by atoms with van der Waals surface area (Å²) in [5.41, 5.74) is 0.417. The van der Waals surface area contributed by atoms with Gasteiger partial charge in [0.1, 0.15) is 0 Å². The molecule has 0 atom stereocenters. The number of benzene rings is 1. The highest BCUT2D eigenvalue weighted by Crippen LogP contribution is 2.21. The predicted octanol–water partition coefficient (Wildman–Crippen LogP) is 2.43. The number of piperidine rings is 1. The van der Waals surface area contributed by atoms with Crippen molar-refractivity contribution in [1.29, 1.82) is 0 Å². The van der Waals surface area contributed by atoms with E-state index >= 15 is 0 Å². The fourth-order valence-corrected chi connectivity index (χ4v) is 4.91. The van der Waals surface area contributed by atoms with Crippen molar-refractivity contribution < 1.29 is 23.1 Å². The van der Waals surface area contributed by atoms with E-state index in [0.29, 0.717) is 44.6 Å². The summed E-state index contributed by atoms with van der Waals surface area (Å²) >= 11 is 0. The molecule has 1 aromatic carbocycles. The monoisotopic (exact) mass is 396 g/mol. The number of carboxylic acids is 1. The van der Waals surface area contributed by atoms with Crippen molar-refractivity contribution in [2.45, 2.75) is 44.4 Å². The van der Waals surface area contributed by atoms with Crippen LogP contribution in [0.2, 0.25) is 0 Å². The SMILES string of the molecule is CCCN(CCC)S(=O)(=O)c1ccc(C(=O)N2CCC(C(=O)O)CC2)cc1. The van der Waals surface area contributed by atoms with E-state index in [4.69, 9.17) is 5.11 Å². The van der Waals surface area contributed by atoms with Crippen LogP contribution >= 0.6 is 0 Å². The van der Waals surface area contributed by atoms with E-state index < -0.39 is 21.9 Å². The first-order valence-electron chi connectivity index (χ1n) is 9.43. The molecule has 1 heterocycles. The summed E-state index contributed by atoms with van der Waals surface area (Å²) in [6.07, 6.45) is 2.36. The van der Waals surface area contributed by atoms with E-state index in [0.717, 1.165) is 12.8 Å². The Morgan fingerprint density at radius 1 is 1.07 bits per heavy atom. The van der Waals surface area contributed by atoms with Gasteiger partial charge in [-0.1, -0.05) is 13.8 Å². The van der Waals surface area contributed by atoms with Gasteiger partial charge in [-0.15, -0.1) is 0 Å². The Bertz CT molecular complexity index is 747. The summed E-state index contributed by atoms with van der Waals surface area (Å²) in [5, 5.41) is 9.04. The highest BCUT2D eigenvalue weighted by molar-refractivity contribution is 7.89. The van der Waals surface area contributed by atoms with Gasteiger partial charge in [0.2, 0.25) is 10.0 Å². The summed E-state index contributed by atoms with van der Waals surface area (Å²) in [6.45, 7) is 5.61. The van der Waals surface area contributed by atoms with Gasteiger partial charge in [-0.05, 0) is 49.9 Å². The number of carboxylic acid groups (broad SMARTS) is 1. The molecule has 27 heavy (non-hydrogen) atoms. The Labute approximate surface area is 161 Å². The Morgan fingerprint density at radius 2 is 1.59 bits per heavy atom. The smallest absolute Gasteiger partial charge is 0.306 e. The number of hydrogen-bond donors (Lipinski definition) is 1. The molecule has 1 aliphatic rings. The first-order valence-corrected chi connectivity index (χ1v) is 10.9. The average Bonchev–Trinajstić information content (AvgIpc) is 2.67. The predicted molar refractivity (Wildman–Crippen MR) is 102 cm³/mol. The maximum absolute atomic E-state index is 12.8. The number of amides is 1. The van der Waals surface area contributed by atoms with Crippen molar-refractivity contribution in [1.82, 2.24) is 9.21 Å². The lowest BCUT2D eigenvalue weighted by molar-refractivity contribution is -0.143. The number of carbonyl (C=O) groups is 2. The number of nitrogens with zero attached hydrogens (tertiary/aromatic N) is 2.